The van der Waals surface area contributed by atoms with Crippen molar-refractivity contribution in [2.24, 2.45) is 5.92 Å². The summed E-state index contributed by atoms with van der Waals surface area (Å²) in [5.41, 5.74) is 3.07. The van der Waals surface area contributed by atoms with Crippen LogP contribution in [0, 0.1) is 5.92 Å². The highest BCUT2D eigenvalue weighted by molar-refractivity contribution is 5.27. The normalized spacial score (nSPS) is 16.1. The minimum atomic E-state index is 0.577. The second-order valence-corrected chi connectivity index (χ2v) is 7.09. The summed E-state index contributed by atoms with van der Waals surface area (Å²) in [5, 5.41) is 0. The van der Waals surface area contributed by atoms with Gasteiger partial charge in [-0.15, -0.1) is 0 Å². The summed E-state index contributed by atoms with van der Waals surface area (Å²) in [6.45, 7) is 8.22. The molecule has 3 rings (SSSR count). The molecular formula is C20H28NO+. The third kappa shape index (κ3) is 3.80. The summed E-state index contributed by atoms with van der Waals surface area (Å²) in [4.78, 5) is 1.70. The van der Waals surface area contributed by atoms with Crippen LogP contribution in [0.25, 0.3) is 0 Å². The predicted octanol–water partition coefficient (Wildman–Crippen LogP) is 3.79. The van der Waals surface area contributed by atoms with Crippen molar-refractivity contribution in [2.45, 2.75) is 52.1 Å². The Labute approximate surface area is 134 Å². The largest absolute Gasteiger partial charge is 0.469 e. The van der Waals surface area contributed by atoms with E-state index in [0.29, 0.717) is 5.92 Å². The number of rotatable bonds is 7. The van der Waals surface area contributed by atoms with Crippen molar-refractivity contribution in [3.05, 3.63) is 59.5 Å². The lowest BCUT2D eigenvalue weighted by Gasteiger charge is -2.18. The van der Waals surface area contributed by atoms with E-state index in [2.05, 4.69) is 44.2 Å². The summed E-state index contributed by atoms with van der Waals surface area (Å²) in [6.07, 6.45) is 5.56. The number of hydrogen-bond donors (Lipinski definition) is 1. The Morgan fingerprint density at radius 2 is 1.68 bits per heavy atom. The van der Waals surface area contributed by atoms with E-state index in [-0.39, 0.29) is 0 Å². The predicted molar refractivity (Wildman–Crippen MR) is 89.8 cm³/mol. The minimum Gasteiger partial charge on any atom is -0.469 e. The maximum atomic E-state index is 5.70. The molecular weight excluding hydrogens is 270 g/mol. The summed E-state index contributed by atoms with van der Waals surface area (Å²) in [5.74, 6) is 2.52. The van der Waals surface area contributed by atoms with Crippen molar-refractivity contribution >= 4 is 0 Å². The van der Waals surface area contributed by atoms with Crippen LogP contribution >= 0.6 is 0 Å². The lowest BCUT2D eigenvalue weighted by atomic mass is 9.93. The van der Waals surface area contributed by atoms with E-state index >= 15 is 0 Å². The first-order valence-electron chi connectivity index (χ1n) is 8.66. The zero-order chi connectivity index (χ0) is 15.4. The van der Waals surface area contributed by atoms with Crippen LogP contribution in [-0.4, -0.2) is 6.54 Å². The van der Waals surface area contributed by atoms with Gasteiger partial charge in [0.05, 0.1) is 12.8 Å². The fraction of sp³-hybridized carbons (Fsp3) is 0.500. The smallest absolute Gasteiger partial charge is 0.107 e. The molecule has 2 nitrogen and oxygen atoms in total. The fourth-order valence-electron chi connectivity index (χ4n) is 3.55. The Balaban J connectivity index is 1.56. The van der Waals surface area contributed by atoms with Gasteiger partial charge in [0.15, 0.2) is 0 Å². The Kier molecular flexibility index (Phi) is 4.99. The molecule has 1 aromatic carbocycles. The molecule has 1 atom stereocenters. The molecule has 1 aromatic heterocycles. The average molecular weight is 298 g/mol. The molecule has 0 saturated heterocycles. The van der Waals surface area contributed by atoms with Gasteiger partial charge in [-0.3, -0.25) is 0 Å². The van der Waals surface area contributed by atoms with Gasteiger partial charge in [-0.1, -0.05) is 44.5 Å². The van der Waals surface area contributed by atoms with Gasteiger partial charge in [-0.2, -0.15) is 0 Å². The van der Waals surface area contributed by atoms with E-state index in [9.17, 15) is 0 Å². The van der Waals surface area contributed by atoms with E-state index in [1.165, 1.54) is 55.8 Å². The number of quaternary nitrogens is 1. The van der Waals surface area contributed by atoms with Crippen LogP contribution in [0.1, 0.15) is 55.9 Å². The minimum absolute atomic E-state index is 0.577. The molecule has 0 radical (unpaired) electrons. The molecule has 0 spiro atoms. The van der Waals surface area contributed by atoms with Gasteiger partial charge in [-0.05, 0) is 24.5 Å². The lowest BCUT2D eigenvalue weighted by molar-refractivity contribution is -0.921. The van der Waals surface area contributed by atoms with E-state index in [1.54, 1.807) is 4.90 Å². The molecule has 2 heterocycles. The van der Waals surface area contributed by atoms with E-state index in [0.717, 1.165) is 5.92 Å². The van der Waals surface area contributed by atoms with Gasteiger partial charge in [-0.25, -0.2) is 0 Å². The number of nitrogens with one attached hydrogen (secondary N) is 1. The van der Waals surface area contributed by atoms with Crippen LogP contribution < -0.4 is 4.90 Å². The standard InChI is InChI=1S/C20H27NO/c1-16(2)9-10-17(20-8-5-13-22-20)11-12-21-14-18-6-3-4-7-19(18)15-21/h3-8,13,16-17H,9-12,14-15H2,1-2H3/p+1/t17-/m0/s1. The molecule has 22 heavy (non-hydrogen) atoms. The van der Waals surface area contributed by atoms with E-state index in [1.807, 2.05) is 12.3 Å². The molecule has 0 aliphatic carbocycles. The number of hydrogen-bond acceptors (Lipinski definition) is 1. The Bertz CT molecular complexity index is 548. The first kappa shape index (κ1) is 15.4. The zero-order valence-electron chi connectivity index (χ0n) is 13.8. The molecule has 1 N–H and O–H groups in total. The quantitative estimate of drug-likeness (QED) is 0.823. The SMILES string of the molecule is CC(C)CC[C@@H](CC[NH+]1Cc2ccccc2C1)c1ccco1. The van der Waals surface area contributed by atoms with Crippen LogP contribution in [0.4, 0.5) is 0 Å². The molecule has 1 aliphatic heterocycles. The maximum Gasteiger partial charge on any atom is 0.107 e. The van der Waals surface area contributed by atoms with Crippen LogP contribution in [0.3, 0.4) is 0 Å². The zero-order valence-corrected chi connectivity index (χ0v) is 13.8. The van der Waals surface area contributed by atoms with Crippen molar-refractivity contribution in [2.75, 3.05) is 6.54 Å². The third-order valence-electron chi connectivity index (χ3n) is 4.88. The molecule has 118 valence electrons. The third-order valence-corrected chi connectivity index (χ3v) is 4.88. The molecule has 0 amide bonds. The monoisotopic (exact) mass is 298 g/mol. The Hall–Kier alpha value is -1.54. The average Bonchev–Trinajstić information content (AvgIpc) is 3.15. The second-order valence-electron chi connectivity index (χ2n) is 7.09. The highest BCUT2D eigenvalue weighted by atomic mass is 16.3. The van der Waals surface area contributed by atoms with Gasteiger partial charge >= 0.3 is 0 Å². The summed E-state index contributed by atoms with van der Waals surface area (Å²) in [6, 6.07) is 13.1. The molecule has 0 saturated carbocycles. The van der Waals surface area contributed by atoms with Gasteiger partial charge in [0.1, 0.15) is 18.8 Å². The summed E-state index contributed by atoms with van der Waals surface area (Å²) < 4.78 is 5.70. The van der Waals surface area contributed by atoms with Crippen LogP contribution in [0.15, 0.2) is 47.1 Å². The van der Waals surface area contributed by atoms with E-state index in [4.69, 9.17) is 4.42 Å². The number of benzene rings is 1. The number of fused-ring (bicyclic) bond motifs is 1. The van der Waals surface area contributed by atoms with Gasteiger partial charge in [0.2, 0.25) is 0 Å². The second kappa shape index (κ2) is 7.15. The summed E-state index contributed by atoms with van der Waals surface area (Å²) >= 11 is 0. The lowest BCUT2D eigenvalue weighted by Crippen LogP contribution is -3.07. The van der Waals surface area contributed by atoms with Crippen molar-refractivity contribution in [3.8, 4) is 0 Å². The van der Waals surface area contributed by atoms with Gasteiger partial charge < -0.3 is 9.32 Å². The Morgan fingerprint density at radius 3 is 2.27 bits per heavy atom. The van der Waals surface area contributed by atoms with Crippen LogP contribution in [-0.2, 0) is 13.1 Å². The van der Waals surface area contributed by atoms with Crippen molar-refractivity contribution in [1.29, 1.82) is 0 Å². The topological polar surface area (TPSA) is 17.6 Å². The first-order chi connectivity index (χ1) is 10.7. The van der Waals surface area contributed by atoms with Gasteiger partial charge in [0, 0.05) is 23.5 Å². The van der Waals surface area contributed by atoms with Gasteiger partial charge in [0.25, 0.3) is 0 Å². The van der Waals surface area contributed by atoms with Crippen LogP contribution in [0.2, 0.25) is 0 Å². The molecule has 0 fully saturated rings. The number of furan rings is 1. The fourth-order valence-corrected chi connectivity index (χ4v) is 3.55. The van der Waals surface area contributed by atoms with E-state index < -0.39 is 0 Å². The van der Waals surface area contributed by atoms with Crippen LogP contribution in [0.5, 0.6) is 0 Å². The highest BCUT2D eigenvalue weighted by Crippen LogP contribution is 2.26. The molecule has 2 aromatic rings. The first-order valence-corrected chi connectivity index (χ1v) is 8.66. The molecule has 2 heteroatoms. The Morgan fingerprint density at radius 1 is 0.955 bits per heavy atom. The summed E-state index contributed by atoms with van der Waals surface area (Å²) in [7, 11) is 0. The maximum absolute atomic E-state index is 5.70. The molecule has 0 unspecified atom stereocenters. The van der Waals surface area contributed by atoms with Crippen molar-refractivity contribution in [3.63, 3.8) is 0 Å². The van der Waals surface area contributed by atoms with Crippen molar-refractivity contribution < 1.29 is 9.32 Å². The van der Waals surface area contributed by atoms with Crippen molar-refractivity contribution in [1.82, 2.24) is 0 Å². The highest BCUT2D eigenvalue weighted by Gasteiger charge is 2.24. The molecule has 1 aliphatic rings. The molecule has 0 bridgehead atoms.